The molecule has 1 saturated heterocycles. The molecular formula is C14H17NO3S. The molecule has 0 saturated carbocycles. The molecule has 0 radical (unpaired) electrons. The lowest BCUT2D eigenvalue weighted by atomic mass is 10.1. The zero-order valence-corrected chi connectivity index (χ0v) is 11.7. The van der Waals surface area contributed by atoms with Crippen molar-refractivity contribution in [2.45, 2.75) is 19.8 Å². The third-order valence-electron chi connectivity index (χ3n) is 3.16. The van der Waals surface area contributed by atoms with Gasteiger partial charge in [0.15, 0.2) is 0 Å². The second-order valence-electron chi connectivity index (χ2n) is 4.55. The summed E-state index contributed by atoms with van der Waals surface area (Å²) >= 11 is 0. The molecule has 1 aliphatic rings. The number of rotatable bonds is 1. The van der Waals surface area contributed by atoms with Gasteiger partial charge in [-0.2, -0.15) is 0 Å². The molecule has 1 N–H and O–H groups in total. The van der Waals surface area contributed by atoms with Gasteiger partial charge < -0.3 is 5.11 Å². The predicted octanol–water partition coefficient (Wildman–Crippen LogP) is 1.27. The predicted molar refractivity (Wildman–Crippen MR) is 75.5 cm³/mol. The van der Waals surface area contributed by atoms with Crippen molar-refractivity contribution >= 4 is 15.7 Å². The van der Waals surface area contributed by atoms with Crippen LogP contribution in [0.4, 0.5) is 5.69 Å². The van der Waals surface area contributed by atoms with Crippen LogP contribution in [0, 0.1) is 18.8 Å². The van der Waals surface area contributed by atoms with Crippen molar-refractivity contribution in [2.75, 3.05) is 23.2 Å². The van der Waals surface area contributed by atoms with Gasteiger partial charge in [-0.3, -0.25) is 4.31 Å². The van der Waals surface area contributed by atoms with Gasteiger partial charge in [-0.1, -0.05) is 17.9 Å². The fourth-order valence-electron chi connectivity index (χ4n) is 2.11. The van der Waals surface area contributed by atoms with E-state index in [-0.39, 0.29) is 12.4 Å². The minimum atomic E-state index is -3.19. The molecule has 0 aromatic heterocycles. The Bertz CT molecular complexity index is 626. The highest BCUT2D eigenvalue weighted by Crippen LogP contribution is 2.25. The number of aliphatic hydroxyl groups excluding tert-OH is 1. The van der Waals surface area contributed by atoms with Crippen LogP contribution in [0.5, 0.6) is 0 Å². The number of anilines is 1. The molecule has 4 nitrogen and oxygen atoms in total. The van der Waals surface area contributed by atoms with Gasteiger partial charge in [0, 0.05) is 12.1 Å². The molecule has 0 amide bonds. The molecular weight excluding hydrogens is 262 g/mol. The lowest BCUT2D eigenvalue weighted by Crippen LogP contribution is -2.37. The maximum absolute atomic E-state index is 12.0. The van der Waals surface area contributed by atoms with E-state index in [1.807, 2.05) is 19.1 Å². The van der Waals surface area contributed by atoms with Crippen LogP contribution >= 0.6 is 0 Å². The van der Waals surface area contributed by atoms with Crippen LogP contribution in [-0.2, 0) is 10.0 Å². The van der Waals surface area contributed by atoms with Gasteiger partial charge in [-0.05, 0) is 37.5 Å². The number of aryl methyl sites for hydroxylation is 1. The molecule has 102 valence electrons. The number of benzene rings is 1. The van der Waals surface area contributed by atoms with Crippen molar-refractivity contribution in [2.24, 2.45) is 0 Å². The van der Waals surface area contributed by atoms with E-state index in [1.165, 1.54) is 4.31 Å². The van der Waals surface area contributed by atoms with Gasteiger partial charge in [-0.25, -0.2) is 8.42 Å². The van der Waals surface area contributed by atoms with Gasteiger partial charge in [0.1, 0.15) is 6.61 Å². The Morgan fingerprint density at radius 1 is 1.37 bits per heavy atom. The van der Waals surface area contributed by atoms with Crippen molar-refractivity contribution in [1.29, 1.82) is 0 Å². The van der Waals surface area contributed by atoms with Crippen molar-refractivity contribution in [3.63, 3.8) is 0 Å². The van der Waals surface area contributed by atoms with Crippen LogP contribution in [0.1, 0.15) is 24.0 Å². The van der Waals surface area contributed by atoms with E-state index in [0.29, 0.717) is 12.2 Å². The van der Waals surface area contributed by atoms with E-state index in [4.69, 9.17) is 5.11 Å². The van der Waals surface area contributed by atoms with Crippen LogP contribution in [0.25, 0.3) is 0 Å². The second-order valence-corrected chi connectivity index (χ2v) is 6.57. The molecule has 5 heteroatoms. The molecule has 0 atom stereocenters. The van der Waals surface area contributed by atoms with Crippen molar-refractivity contribution in [3.05, 3.63) is 29.3 Å². The molecule has 0 spiro atoms. The number of sulfonamides is 1. The Morgan fingerprint density at radius 3 is 2.84 bits per heavy atom. The van der Waals surface area contributed by atoms with E-state index in [1.54, 1.807) is 6.07 Å². The van der Waals surface area contributed by atoms with Crippen LogP contribution in [0.15, 0.2) is 18.2 Å². The summed E-state index contributed by atoms with van der Waals surface area (Å²) in [5, 5.41) is 8.74. The topological polar surface area (TPSA) is 57.6 Å². The zero-order chi connectivity index (χ0) is 13.9. The molecule has 2 rings (SSSR count). The Balaban J connectivity index is 2.40. The Hall–Kier alpha value is -1.51. The second kappa shape index (κ2) is 5.64. The van der Waals surface area contributed by atoms with E-state index < -0.39 is 10.0 Å². The number of hydrogen-bond donors (Lipinski definition) is 1. The first-order valence-electron chi connectivity index (χ1n) is 6.25. The maximum atomic E-state index is 12.0. The third kappa shape index (κ3) is 3.09. The molecule has 0 bridgehead atoms. The average Bonchev–Trinajstić information content (AvgIpc) is 2.38. The van der Waals surface area contributed by atoms with E-state index in [0.717, 1.165) is 24.0 Å². The van der Waals surface area contributed by atoms with Crippen LogP contribution in [-0.4, -0.2) is 32.4 Å². The Labute approximate surface area is 114 Å². The average molecular weight is 279 g/mol. The smallest absolute Gasteiger partial charge is 0.235 e. The molecule has 0 unspecified atom stereocenters. The monoisotopic (exact) mass is 279 g/mol. The molecule has 1 aromatic rings. The zero-order valence-electron chi connectivity index (χ0n) is 10.9. The fraction of sp³-hybridized carbons (Fsp3) is 0.429. The van der Waals surface area contributed by atoms with Crippen molar-refractivity contribution in [1.82, 2.24) is 0 Å². The largest absolute Gasteiger partial charge is 0.384 e. The Kier molecular flexibility index (Phi) is 4.13. The third-order valence-corrected chi connectivity index (χ3v) is 5.03. The quantitative estimate of drug-likeness (QED) is 0.788. The number of hydrogen-bond acceptors (Lipinski definition) is 3. The van der Waals surface area contributed by atoms with E-state index in [2.05, 4.69) is 11.8 Å². The number of aliphatic hydroxyl groups is 1. The summed E-state index contributed by atoms with van der Waals surface area (Å²) in [4.78, 5) is 0. The first-order chi connectivity index (χ1) is 9.04. The first-order valence-corrected chi connectivity index (χ1v) is 7.86. The first kappa shape index (κ1) is 13.9. The summed E-state index contributed by atoms with van der Waals surface area (Å²) < 4.78 is 25.5. The van der Waals surface area contributed by atoms with E-state index >= 15 is 0 Å². The normalized spacial score (nSPS) is 17.7. The molecule has 0 aliphatic carbocycles. The molecule has 1 fully saturated rings. The molecule has 1 heterocycles. The van der Waals surface area contributed by atoms with Crippen LogP contribution in [0.3, 0.4) is 0 Å². The maximum Gasteiger partial charge on any atom is 0.235 e. The van der Waals surface area contributed by atoms with Gasteiger partial charge in [0.05, 0.1) is 11.4 Å². The Morgan fingerprint density at radius 2 is 2.16 bits per heavy atom. The molecule has 1 aromatic carbocycles. The minimum Gasteiger partial charge on any atom is -0.384 e. The summed E-state index contributed by atoms with van der Waals surface area (Å²) in [5.74, 6) is 5.65. The summed E-state index contributed by atoms with van der Waals surface area (Å²) in [5.41, 5.74) is 2.39. The highest BCUT2D eigenvalue weighted by atomic mass is 32.2. The summed E-state index contributed by atoms with van der Waals surface area (Å²) in [6.07, 6.45) is 1.60. The summed E-state index contributed by atoms with van der Waals surface area (Å²) in [6.45, 7) is 2.24. The highest BCUT2D eigenvalue weighted by molar-refractivity contribution is 7.92. The van der Waals surface area contributed by atoms with Gasteiger partial charge in [0.25, 0.3) is 0 Å². The summed E-state index contributed by atoms with van der Waals surface area (Å²) in [7, 11) is -3.19. The van der Waals surface area contributed by atoms with Crippen LogP contribution < -0.4 is 4.31 Å². The van der Waals surface area contributed by atoms with Crippen molar-refractivity contribution in [3.8, 4) is 11.8 Å². The minimum absolute atomic E-state index is 0.203. The number of nitrogens with zero attached hydrogens (tertiary/aromatic N) is 1. The van der Waals surface area contributed by atoms with Gasteiger partial charge in [-0.15, -0.1) is 0 Å². The lowest BCUT2D eigenvalue weighted by molar-refractivity contribution is 0.350. The summed E-state index contributed by atoms with van der Waals surface area (Å²) in [6, 6.07) is 5.45. The van der Waals surface area contributed by atoms with Crippen LogP contribution in [0.2, 0.25) is 0 Å². The van der Waals surface area contributed by atoms with Crippen molar-refractivity contribution < 1.29 is 13.5 Å². The van der Waals surface area contributed by atoms with E-state index in [9.17, 15) is 8.42 Å². The lowest BCUT2D eigenvalue weighted by Gasteiger charge is -2.28. The highest BCUT2D eigenvalue weighted by Gasteiger charge is 2.26. The molecule has 1 aliphatic heterocycles. The standard InChI is InChI=1S/C14H17NO3S/c1-12-6-7-14(11-13(12)5-4-9-16)15-8-2-3-10-19(15,17)18/h6-7,11,16H,2-3,8-10H2,1H3. The fourth-order valence-corrected chi connectivity index (χ4v) is 3.74. The SMILES string of the molecule is Cc1ccc(N2CCCCS2(=O)=O)cc1C#CCO. The molecule has 19 heavy (non-hydrogen) atoms. The van der Waals surface area contributed by atoms with Gasteiger partial charge in [0.2, 0.25) is 10.0 Å². The van der Waals surface area contributed by atoms with Gasteiger partial charge >= 0.3 is 0 Å².